The molecule has 1 atom stereocenters. The smallest absolute Gasteiger partial charge is 0.264 e. The van der Waals surface area contributed by atoms with Gasteiger partial charge in [-0.05, 0) is 55.0 Å². The van der Waals surface area contributed by atoms with Crippen molar-refractivity contribution in [2.75, 3.05) is 11.5 Å². The number of rotatable bonds is 7. The first kappa shape index (κ1) is 20.8. The monoisotopic (exact) mass is 419 g/mol. The van der Waals surface area contributed by atoms with Crippen molar-refractivity contribution in [3.05, 3.63) is 95.3 Å². The molecule has 0 radical (unpaired) electrons. The largest absolute Gasteiger partial charge is 0.494 e. The molecule has 0 saturated carbocycles. The molecule has 31 heavy (non-hydrogen) atoms. The Morgan fingerprint density at radius 3 is 2.52 bits per heavy atom. The Morgan fingerprint density at radius 2 is 1.81 bits per heavy atom. The number of para-hydroxylation sites is 1. The molecule has 1 N–H and O–H groups in total. The van der Waals surface area contributed by atoms with E-state index in [2.05, 4.69) is 0 Å². The third-order valence-electron chi connectivity index (χ3n) is 5.37. The van der Waals surface area contributed by atoms with Crippen molar-refractivity contribution < 1.29 is 23.8 Å². The second-order valence-electron chi connectivity index (χ2n) is 7.46. The lowest BCUT2D eigenvalue weighted by Crippen LogP contribution is -2.41. The number of aliphatic hydroxyl groups is 1. The van der Waals surface area contributed by atoms with Gasteiger partial charge in [-0.1, -0.05) is 30.3 Å². The van der Waals surface area contributed by atoms with E-state index in [0.717, 1.165) is 0 Å². The van der Waals surface area contributed by atoms with Gasteiger partial charge >= 0.3 is 0 Å². The highest BCUT2D eigenvalue weighted by Gasteiger charge is 2.50. The minimum Gasteiger partial charge on any atom is -0.494 e. The Kier molecular flexibility index (Phi) is 5.57. The molecule has 158 valence electrons. The molecule has 1 unspecified atom stereocenters. The topological polar surface area (TPSA) is 66.8 Å². The van der Waals surface area contributed by atoms with E-state index in [0.29, 0.717) is 34.7 Å². The summed E-state index contributed by atoms with van der Waals surface area (Å²) in [6.07, 6.45) is -0.392. The minimum atomic E-state index is -1.99. The predicted molar refractivity (Wildman–Crippen MR) is 114 cm³/mol. The molecule has 3 aromatic rings. The maximum Gasteiger partial charge on any atom is 0.264 e. The summed E-state index contributed by atoms with van der Waals surface area (Å²) >= 11 is 0. The number of ketones is 1. The molecule has 6 heteroatoms. The van der Waals surface area contributed by atoms with Crippen LogP contribution in [0.5, 0.6) is 5.75 Å². The molecule has 0 saturated heterocycles. The fourth-order valence-corrected chi connectivity index (χ4v) is 3.89. The number of Topliss-reactive ketones (excluding diaryl/α,β-unsaturated/α-hetero) is 1. The van der Waals surface area contributed by atoms with Crippen LogP contribution in [-0.4, -0.2) is 23.4 Å². The van der Waals surface area contributed by atoms with Gasteiger partial charge in [0, 0.05) is 11.1 Å². The summed E-state index contributed by atoms with van der Waals surface area (Å²) in [4.78, 5) is 27.6. The summed E-state index contributed by atoms with van der Waals surface area (Å²) < 4.78 is 19.0. The van der Waals surface area contributed by atoms with Crippen LogP contribution in [-0.2, 0) is 16.9 Å². The van der Waals surface area contributed by atoms with Crippen molar-refractivity contribution >= 4 is 17.4 Å². The quantitative estimate of drug-likeness (QED) is 0.582. The number of hydrogen-bond donors (Lipinski definition) is 1. The summed E-state index contributed by atoms with van der Waals surface area (Å²) in [5.41, 5.74) is -0.134. The third kappa shape index (κ3) is 3.94. The van der Waals surface area contributed by atoms with E-state index in [-0.39, 0.29) is 12.3 Å². The average molecular weight is 419 g/mol. The summed E-state index contributed by atoms with van der Waals surface area (Å²) in [6.45, 7) is 2.47. The first-order valence-corrected chi connectivity index (χ1v) is 10.1. The number of amides is 1. The van der Waals surface area contributed by atoms with E-state index in [4.69, 9.17) is 4.74 Å². The van der Waals surface area contributed by atoms with Crippen LogP contribution < -0.4 is 9.64 Å². The summed E-state index contributed by atoms with van der Waals surface area (Å²) in [7, 11) is 0. The predicted octanol–water partition coefficient (Wildman–Crippen LogP) is 4.23. The van der Waals surface area contributed by atoms with Crippen molar-refractivity contribution in [2.24, 2.45) is 0 Å². The number of benzene rings is 3. The van der Waals surface area contributed by atoms with Gasteiger partial charge in [0.2, 0.25) is 0 Å². The molecule has 0 aliphatic carbocycles. The summed E-state index contributed by atoms with van der Waals surface area (Å²) in [5.74, 6) is -0.724. The van der Waals surface area contributed by atoms with E-state index >= 15 is 0 Å². The molecule has 3 aromatic carbocycles. The zero-order chi connectivity index (χ0) is 22.0. The number of hydrogen-bond acceptors (Lipinski definition) is 4. The van der Waals surface area contributed by atoms with Crippen molar-refractivity contribution in [2.45, 2.75) is 25.5 Å². The van der Waals surface area contributed by atoms with Crippen molar-refractivity contribution in [3.63, 3.8) is 0 Å². The van der Waals surface area contributed by atoms with Crippen LogP contribution in [0.1, 0.15) is 34.8 Å². The number of carbonyl (C=O) groups excluding carboxylic acids is 2. The molecular weight excluding hydrogens is 397 g/mol. The lowest BCUT2D eigenvalue weighted by atomic mass is 9.88. The van der Waals surface area contributed by atoms with Gasteiger partial charge in [-0.3, -0.25) is 9.59 Å². The van der Waals surface area contributed by atoms with E-state index in [1.54, 1.807) is 60.7 Å². The maximum atomic E-state index is 13.6. The van der Waals surface area contributed by atoms with Gasteiger partial charge in [-0.15, -0.1) is 0 Å². The lowest BCUT2D eigenvalue weighted by Gasteiger charge is -2.23. The Bertz CT molecular complexity index is 1130. The van der Waals surface area contributed by atoms with Crippen LogP contribution >= 0.6 is 0 Å². The minimum absolute atomic E-state index is 0.0904. The summed E-state index contributed by atoms with van der Waals surface area (Å²) in [5, 5.41) is 11.4. The third-order valence-corrected chi connectivity index (χ3v) is 5.37. The average Bonchev–Trinajstić information content (AvgIpc) is 2.96. The second kappa shape index (κ2) is 8.32. The standard InChI is InChI=1S/C25H22FNO4/c1-2-31-20-12-10-18(11-13-20)23(28)15-25(30)21-8-3-4-9-22(21)27(24(25)29)16-17-6-5-7-19(26)14-17/h3-14,30H,2,15-16H2,1H3. The second-order valence-corrected chi connectivity index (χ2v) is 7.46. The Labute approximate surface area is 179 Å². The van der Waals surface area contributed by atoms with Crippen molar-refractivity contribution in [1.82, 2.24) is 0 Å². The van der Waals surface area contributed by atoms with Crippen LogP contribution in [0.4, 0.5) is 10.1 Å². The Morgan fingerprint density at radius 1 is 1.06 bits per heavy atom. The van der Waals surface area contributed by atoms with Gasteiger partial charge < -0.3 is 14.7 Å². The number of anilines is 1. The number of carbonyl (C=O) groups is 2. The van der Waals surface area contributed by atoms with Crippen molar-refractivity contribution in [1.29, 1.82) is 0 Å². The van der Waals surface area contributed by atoms with Gasteiger partial charge in [-0.2, -0.15) is 0 Å². The Balaban J connectivity index is 1.62. The molecule has 0 aromatic heterocycles. The first-order valence-electron chi connectivity index (χ1n) is 10.1. The first-order chi connectivity index (χ1) is 14.9. The fourth-order valence-electron chi connectivity index (χ4n) is 3.89. The zero-order valence-electron chi connectivity index (χ0n) is 17.0. The molecule has 1 heterocycles. The van der Waals surface area contributed by atoms with E-state index in [1.165, 1.54) is 17.0 Å². The molecule has 4 rings (SSSR count). The highest BCUT2D eigenvalue weighted by Crippen LogP contribution is 2.43. The van der Waals surface area contributed by atoms with Gasteiger partial charge in [0.1, 0.15) is 11.6 Å². The zero-order valence-corrected chi connectivity index (χ0v) is 17.0. The van der Waals surface area contributed by atoms with E-state index < -0.39 is 23.7 Å². The van der Waals surface area contributed by atoms with Gasteiger partial charge in [0.05, 0.1) is 25.3 Å². The van der Waals surface area contributed by atoms with Gasteiger partial charge in [-0.25, -0.2) is 4.39 Å². The molecule has 1 amide bonds. The molecule has 0 spiro atoms. The molecule has 1 aliphatic rings. The van der Waals surface area contributed by atoms with Crippen LogP contribution in [0, 0.1) is 5.82 Å². The number of halogens is 1. The van der Waals surface area contributed by atoms with Gasteiger partial charge in [0.15, 0.2) is 11.4 Å². The molecule has 0 bridgehead atoms. The normalized spacial score (nSPS) is 17.5. The molecule has 5 nitrogen and oxygen atoms in total. The van der Waals surface area contributed by atoms with E-state index in [1.807, 2.05) is 6.92 Å². The fraction of sp³-hybridized carbons (Fsp3) is 0.200. The Hall–Kier alpha value is -3.51. The molecule has 1 aliphatic heterocycles. The van der Waals surface area contributed by atoms with Crippen LogP contribution in [0.15, 0.2) is 72.8 Å². The lowest BCUT2D eigenvalue weighted by molar-refractivity contribution is -0.136. The maximum absolute atomic E-state index is 13.6. The number of fused-ring (bicyclic) bond motifs is 1. The van der Waals surface area contributed by atoms with Crippen LogP contribution in [0.3, 0.4) is 0 Å². The van der Waals surface area contributed by atoms with Crippen LogP contribution in [0.2, 0.25) is 0 Å². The van der Waals surface area contributed by atoms with Crippen LogP contribution in [0.25, 0.3) is 0 Å². The molecular formula is C25H22FNO4. The van der Waals surface area contributed by atoms with E-state index in [9.17, 15) is 19.1 Å². The molecule has 0 fully saturated rings. The highest BCUT2D eigenvalue weighted by atomic mass is 19.1. The summed E-state index contributed by atoms with van der Waals surface area (Å²) in [6, 6.07) is 19.4. The number of nitrogens with zero attached hydrogens (tertiary/aromatic N) is 1. The SMILES string of the molecule is CCOc1ccc(C(=O)CC2(O)C(=O)N(Cc3cccc(F)c3)c3ccccc32)cc1. The van der Waals surface area contributed by atoms with Gasteiger partial charge in [0.25, 0.3) is 5.91 Å². The number of ether oxygens (including phenoxy) is 1. The van der Waals surface area contributed by atoms with Crippen molar-refractivity contribution in [3.8, 4) is 5.75 Å². The highest BCUT2D eigenvalue weighted by molar-refractivity contribution is 6.10.